The van der Waals surface area contributed by atoms with Crippen LogP contribution in [0.2, 0.25) is 0 Å². The van der Waals surface area contributed by atoms with Crippen LogP contribution in [0.15, 0.2) is 30.3 Å². The molecule has 0 saturated carbocycles. The summed E-state index contributed by atoms with van der Waals surface area (Å²) in [6.07, 6.45) is 1.98. The van der Waals surface area contributed by atoms with Crippen molar-refractivity contribution in [3.8, 4) is 11.3 Å². The molecule has 3 heterocycles. The van der Waals surface area contributed by atoms with E-state index < -0.39 is 0 Å². The summed E-state index contributed by atoms with van der Waals surface area (Å²) in [5.74, 6) is 1.24. The van der Waals surface area contributed by atoms with Crippen molar-refractivity contribution in [2.24, 2.45) is 5.92 Å². The first-order valence-corrected chi connectivity index (χ1v) is 11.6. The molecule has 166 valence electrons. The molecule has 2 fully saturated rings. The van der Waals surface area contributed by atoms with Crippen LogP contribution in [0.25, 0.3) is 11.3 Å². The van der Waals surface area contributed by atoms with Crippen LogP contribution in [0, 0.1) is 19.8 Å². The largest absolute Gasteiger partial charge is 0.354 e. The van der Waals surface area contributed by atoms with Crippen LogP contribution < -0.4 is 4.90 Å². The molecule has 4 rings (SSSR count). The number of piperazine rings is 1. The summed E-state index contributed by atoms with van der Waals surface area (Å²) in [4.78, 5) is 19.9. The minimum Gasteiger partial charge on any atom is -0.354 e. The fourth-order valence-electron chi connectivity index (χ4n) is 4.65. The monoisotopic (exact) mass is 421 g/mol. The minimum absolute atomic E-state index is 0.0561. The van der Waals surface area contributed by atoms with Gasteiger partial charge in [0.05, 0.1) is 11.6 Å². The molecule has 1 atom stereocenters. The Kier molecular flexibility index (Phi) is 6.56. The molecule has 2 saturated heterocycles. The van der Waals surface area contributed by atoms with Crippen LogP contribution in [0.4, 0.5) is 5.82 Å². The second kappa shape index (κ2) is 9.35. The van der Waals surface area contributed by atoms with Crippen LogP contribution in [-0.2, 0) is 4.79 Å². The summed E-state index contributed by atoms with van der Waals surface area (Å²) in [5, 5.41) is 9.00. The number of carbonyl (C=O) groups is 1. The maximum Gasteiger partial charge on any atom is 0.227 e. The predicted molar refractivity (Wildman–Crippen MR) is 125 cm³/mol. The number of hydrogen-bond donors (Lipinski definition) is 0. The molecule has 2 aromatic rings. The Balaban J connectivity index is 1.39. The molecule has 31 heavy (non-hydrogen) atoms. The molecular formula is C25H35N5O. The van der Waals surface area contributed by atoms with Crippen LogP contribution in [-0.4, -0.2) is 71.2 Å². The molecule has 6 nitrogen and oxygen atoms in total. The SMILES string of the molecule is Cc1ccc(-c2ccc(N3CCC[C@@H](C(=O)N4CCN(C(C)C)CC4)C3)nn2)cc1C. The van der Waals surface area contributed by atoms with Crippen LogP contribution in [0.3, 0.4) is 0 Å². The van der Waals surface area contributed by atoms with Gasteiger partial charge in [-0.05, 0) is 69.9 Å². The van der Waals surface area contributed by atoms with Gasteiger partial charge in [-0.15, -0.1) is 10.2 Å². The lowest BCUT2D eigenvalue weighted by molar-refractivity contribution is -0.137. The molecule has 1 aromatic heterocycles. The van der Waals surface area contributed by atoms with Crippen molar-refractivity contribution in [1.29, 1.82) is 0 Å². The predicted octanol–water partition coefficient (Wildman–Crippen LogP) is 3.53. The van der Waals surface area contributed by atoms with E-state index in [1.54, 1.807) is 0 Å². The third-order valence-electron chi connectivity index (χ3n) is 6.90. The fourth-order valence-corrected chi connectivity index (χ4v) is 4.65. The van der Waals surface area contributed by atoms with E-state index in [1.165, 1.54) is 11.1 Å². The second-order valence-electron chi connectivity index (χ2n) is 9.32. The van der Waals surface area contributed by atoms with Crippen LogP contribution in [0.1, 0.15) is 37.8 Å². The van der Waals surface area contributed by atoms with Crippen LogP contribution >= 0.6 is 0 Å². The summed E-state index contributed by atoms with van der Waals surface area (Å²) >= 11 is 0. The Labute approximate surface area is 186 Å². The number of anilines is 1. The van der Waals surface area contributed by atoms with Gasteiger partial charge in [0.15, 0.2) is 5.82 Å². The molecule has 0 radical (unpaired) electrons. The highest BCUT2D eigenvalue weighted by atomic mass is 16.2. The first-order valence-electron chi connectivity index (χ1n) is 11.6. The van der Waals surface area contributed by atoms with Crippen molar-refractivity contribution < 1.29 is 4.79 Å². The molecular weight excluding hydrogens is 386 g/mol. The van der Waals surface area contributed by atoms with Crippen molar-refractivity contribution in [2.75, 3.05) is 44.2 Å². The summed E-state index contributed by atoms with van der Waals surface area (Å²) in [5.41, 5.74) is 4.52. The molecule has 2 aliphatic heterocycles. The van der Waals surface area contributed by atoms with Crippen molar-refractivity contribution in [3.63, 3.8) is 0 Å². The van der Waals surface area contributed by atoms with E-state index in [0.29, 0.717) is 11.9 Å². The van der Waals surface area contributed by atoms with Gasteiger partial charge < -0.3 is 9.80 Å². The standard InChI is InChI=1S/C25H35N5O/c1-18(2)28-12-14-29(15-13-28)25(31)22-6-5-11-30(17-22)24-10-9-23(26-27-24)21-8-7-19(3)20(4)16-21/h7-10,16,18,22H,5-6,11-15,17H2,1-4H3/t22-/m1/s1. The Morgan fingerprint density at radius 3 is 2.39 bits per heavy atom. The number of hydrogen-bond acceptors (Lipinski definition) is 5. The fraction of sp³-hybridized carbons (Fsp3) is 0.560. The number of carbonyl (C=O) groups excluding carboxylic acids is 1. The summed E-state index contributed by atoms with van der Waals surface area (Å²) in [6, 6.07) is 11.0. The van der Waals surface area contributed by atoms with E-state index >= 15 is 0 Å². The summed E-state index contributed by atoms with van der Waals surface area (Å²) in [6.45, 7) is 14.0. The molecule has 0 unspecified atom stereocenters. The third kappa shape index (κ3) is 4.90. The molecule has 0 bridgehead atoms. The van der Waals surface area contributed by atoms with Gasteiger partial charge >= 0.3 is 0 Å². The number of aromatic nitrogens is 2. The number of nitrogens with zero attached hydrogens (tertiary/aromatic N) is 5. The van der Waals surface area contributed by atoms with Crippen molar-refractivity contribution in [3.05, 3.63) is 41.5 Å². The Morgan fingerprint density at radius 1 is 0.968 bits per heavy atom. The van der Waals surface area contributed by atoms with Crippen LogP contribution in [0.5, 0.6) is 0 Å². The average molecular weight is 422 g/mol. The van der Waals surface area contributed by atoms with Gasteiger partial charge in [0.2, 0.25) is 5.91 Å². The number of aryl methyl sites for hydroxylation is 2. The Hall–Kier alpha value is -2.47. The molecule has 0 aliphatic carbocycles. The molecule has 1 aromatic carbocycles. The van der Waals surface area contributed by atoms with E-state index in [1.807, 2.05) is 12.1 Å². The zero-order chi connectivity index (χ0) is 22.0. The lowest BCUT2D eigenvalue weighted by Gasteiger charge is -2.40. The molecule has 6 heteroatoms. The van der Waals surface area contributed by atoms with Crippen molar-refractivity contribution in [1.82, 2.24) is 20.0 Å². The zero-order valence-corrected chi connectivity index (χ0v) is 19.3. The van der Waals surface area contributed by atoms with Gasteiger partial charge in [0.25, 0.3) is 0 Å². The first-order chi connectivity index (χ1) is 14.9. The van der Waals surface area contributed by atoms with E-state index in [4.69, 9.17) is 0 Å². The van der Waals surface area contributed by atoms with Gasteiger partial charge in [-0.25, -0.2) is 0 Å². The van der Waals surface area contributed by atoms with Crippen molar-refractivity contribution in [2.45, 2.75) is 46.6 Å². The highest BCUT2D eigenvalue weighted by Gasteiger charge is 2.32. The van der Waals surface area contributed by atoms with Gasteiger partial charge in [-0.2, -0.15) is 0 Å². The Bertz CT molecular complexity index is 903. The van der Waals surface area contributed by atoms with Gasteiger partial charge in [0.1, 0.15) is 0 Å². The van der Waals surface area contributed by atoms with Gasteiger partial charge in [0, 0.05) is 50.9 Å². The number of amides is 1. The highest BCUT2D eigenvalue weighted by Crippen LogP contribution is 2.25. The van der Waals surface area contributed by atoms with E-state index in [9.17, 15) is 4.79 Å². The highest BCUT2D eigenvalue weighted by molar-refractivity contribution is 5.80. The smallest absolute Gasteiger partial charge is 0.227 e. The minimum atomic E-state index is 0.0561. The molecule has 0 spiro atoms. The summed E-state index contributed by atoms with van der Waals surface area (Å²) < 4.78 is 0. The number of rotatable bonds is 4. The van der Waals surface area contributed by atoms with Gasteiger partial charge in [-0.1, -0.05) is 12.1 Å². The number of piperidine rings is 1. The molecule has 0 N–H and O–H groups in total. The maximum absolute atomic E-state index is 13.1. The van der Waals surface area contributed by atoms with E-state index in [-0.39, 0.29) is 5.92 Å². The van der Waals surface area contributed by atoms with Gasteiger partial charge in [-0.3, -0.25) is 9.69 Å². The lowest BCUT2D eigenvalue weighted by atomic mass is 9.96. The van der Waals surface area contributed by atoms with E-state index in [0.717, 1.165) is 69.2 Å². The molecule has 2 aliphatic rings. The number of benzene rings is 1. The summed E-state index contributed by atoms with van der Waals surface area (Å²) in [7, 11) is 0. The lowest BCUT2D eigenvalue weighted by Crippen LogP contribution is -2.53. The Morgan fingerprint density at radius 2 is 1.74 bits per heavy atom. The maximum atomic E-state index is 13.1. The average Bonchev–Trinajstić information content (AvgIpc) is 2.80. The topological polar surface area (TPSA) is 52.6 Å². The van der Waals surface area contributed by atoms with E-state index in [2.05, 4.69) is 70.8 Å². The molecule has 1 amide bonds. The third-order valence-corrected chi connectivity index (χ3v) is 6.90. The quantitative estimate of drug-likeness (QED) is 0.756. The normalized spacial score (nSPS) is 20.4. The first kappa shape index (κ1) is 21.8. The zero-order valence-electron chi connectivity index (χ0n) is 19.3. The van der Waals surface area contributed by atoms with Crippen molar-refractivity contribution >= 4 is 11.7 Å². The second-order valence-corrected chi connectivity index (χ2v) is 9.32.